The lowest BCUT2D eigenvalue weighted by atomic mass is 9.63. The van der Waals surface area contributed by atoms with Gasteiger partial charge in [0.2, 0.25) is 5.60 Å². The molecule has 0 radical (unpaired) electrons. The molecule has 3 fully saturated rings. The molecule has 2 bridgehead atoms. The molecule has 3 aliphatic heterocycles. The molecule has 278 valence electrons. The number of nitrogen functional groups attached to an aromatic ring is 1. The number of hydroxylamine groups is 2. The number of hydrogen-bond acceptors (Lipinski definition) is 16. The summed E-state index contributed by atoms with van der Waals surface area (Å²) in [6.45, 7) is 3.44. The van der Waals surface area contributed by atoms with Crippen molar-refractivity contribution in [3.05, 3.63) is 46.1 Å². The van der Waals surface area contributed by atoms with Crippen molar-refractivity contribution in [1.82, 2.24) is 20.3 Å². The average molecular weight is 755 g/mol. The number of phenols is 2. The van der Waals surface area contributed by atoms with Crippen LogP contribution in [0, 0.1) is 17.3 Å². The number of nitrogens with one attached hydrogen (secondary N) is 1. The number of ether oxygens (including phenoxy) is 1. The number of nitrogens with zero attached hydrogens (tertiary/aromatic N) is 4. The van der Waals surface area contributed by atoms with Crippen LogP contribution in [0.1, 0.15) is 65.9 Å². The molecule has 1 aromatic heterocycles. The number of carboxylic acid groups (broad SMARTS) is 2. The summed E-state index contributed by atoms with van der Waals surface area (Å²) in [5, 5.41) is 47.9. The topological polar surface area (TPSA) is 298 Å². The quantitative estimate of drug-likeness (QED) is 0.0660. The number of carbonyl (C=O) groups is 7. The summed E-state index contributed by atoms with van der Waals surface area (Å²) in [5.41, 5.74) is -1.60. The largest absolute Gasteiger partial charge is 0.504 e. The van der Waals surface area contributed by atoms with E-state index >= 15 is 0 Å². The van der Waals surface area contributed by atoms with E-state index in [4.69, 9.17) is 20.1 Å². The molecule has 7 rings (SSSR count). The third-order valence-corrected chi connectivity index (χ3v) is 11.3. The highest BCUT2D eigenvalue weighted by Gasteiger charge is 2.62. The fourth-order valence-electron chi connectivity index (χ4n) is 7.52. The van der Waals surface area contributed by atoms with Crippen molar-refractivity contribution >= 4 is 63.7 Å². The predicted octanol–water partition coefficient (Wildman–Crippen LogP) is 0.303. The number of rotatable bonds is 9. The maximum Gasteiger partial charge on any atom is 0.377 e. The number of anilines is 1. The molecule has 4 heterocycles. The van der Waals surface area contributed by atoms with E-state index < -0.39 is 99.5 Å². The Hall–Kier alpha value is -6.09. The number of fused-ring (bicyclic) bond motifs is 3. The van der Waals surface area contributed by atoms with E-state index in [1.807, 2.05) is 0 Å². The second-order valence-electron chi connectivity index (χ2n) is 13.8. The van der Waals surface area contributed by atoms with Crippen LogP contribution in [0.3, 0.4) is 0 Å². The molecular weight excluding hydrogens is 724 g/mol. The maximum absolute atomic E-state index is 13.7. The van der Waals surface area contributed by atoms with Crippen molar-refractivity contribution in [3.63, 3.8) is 0 Å². The fourth-order valence-corrected chi connectivity index (χ4v) is 8.07. The van der Waals surface area contributed by atoms with Gasteiger partial charge in [-0.05, 0) is 42.2 Å². The zero-order valence-electron chi connectivity index (χ0n) is 27.7. The van der Waals surface area contributed by atoms with Crippen LogP contribution in [0.2, 0.25) is 0 Å². The van der Waals surface area contributed by atoms with Gasteiger partial charge in [-0.3, -0.25) is 24.0 Å². The van der Waals surface area contributed by atoms with Gasteiger partial charge in [0.05, 0.1) is 11.1 Å². The zero-order valence-corrected chi connectivity index (χ0v) is 28.5. The van der Waals surface area contributed by atoms with Gasteiger partial charge < -0.3 is 41.1 Å². The summed E-state index contributed by atoms with van der Waals surface area (Å²) >= 11 is 0.936. The first-order valence-electron chi connectivity index (χ1n) is 16.0. The van der Waals surface area contributed by atoms with Crippen molar-refractivity contribution in [1.29, 1.82) is 0 Å². The van der Waals surface area contributed by atoms with Crippen LogP contribution < -0.4 is 11.1 Å². The average Bonchev–Trinajstić information content (AvgIpc) is 3.84. The second-order valence-corrected chi connectivity index (χ2v) is 14.7. The van der Waals surface area contributed by atoms with Crippen molar-refractivity contribution in [2.75, 3.05) is 12.3 Å². The zero-order chi connectivity index (χ0) is 38.4. The van der Waals surface area contributed by atoms with E-state index in [-0.39, 0.29) is 50.9 Å². The third kappa shape index (κ3) is 5.33. The van der Waals surface area contributed by atoms with Crippen LogP contribution in [-0.4, -0.2) is 107 Å². The standard InChI is InChI=1S/C32H30N6O14S/c1-30(2)12-3-4-13(30)8-31(7-12,27(46)47)52-36-21(17-11-53-29(33)35-17)22(41)34-16-10-50-38(25(16)44)32(28(48)49)9-18(26(45)51-32)37-23(42)14-5-19(39)20(40)6-15(14)24(37)43/h5-6,9,11-13,16,39-40H,3-4,7-8,10H2,1-2H3,(H2,33,35)(H,34,41)(H,46,47)(H,48,49)/b36-21-/t12?,13?,16-,31?,32?/m0/s1. The number of carboxylic acids is 2. The number of esters is 1. The summed E-state index contributed by atoms with van der Waals surface area (Å²) in [6.07, 6.45) is 2.35. The number of oxime groups is 1. The number of imide groups is 1. The van der Waals surface area contributed by atoms with Crippen LogP contribution in [0.5, 0.6) is 11.5 Å². The molecule has 4 atom stereocenters. The van der Waals surface area contributed by atoms with Gasteiger partial charge in [-0.15, -0.1) is 11.3 Å². The Morgan fingerprint density at radius 3 is 2.15 bits per heavy atom. The molecule has 1 aromatic carbocycles. The molecule has 2 aliphatic carbocycles. The number of hydrogen-bond donors (Lipinski definition) is 6. The van der Waals surface area contributed by atoms with Crippen molar-refractivity contribution in [3.8, 4) is 11.5 Å². The molecular formula is C32H30N6O14S. The van der Waals surface area contributed by atoms with Gasteiger partial charge in [0.25, 0.3) is 23.6 Å². The van der Waals surface area contributed by atoms with Gasteiger partial charge in [0, 0.05) is 24.3 Å². The number of carbonyl (C=O) groups excluding carboxylic acids is 5. The Balaban J connectivity index is 1.14. The van der Waals surface area contributed by atoms with E-state index in [9.17, 15) is 54.0 Å². The highest BCUT2D eigenvalue weighted by molar-refractivity contribution is 7.13. The Bertz CT molecular complexity index is 2050. The summed E-state index contributed by atoms with van der Waals surface area (Å²) in [4.78, 5) is 107. The number of aliphatic carboxylic acids is 2. The normalized spacial score (nSPS) is 28.9. The number of benzene rings is 1. The van der Waals surface area contributed by atoms with E-state index in [0.29, 0.717) is 6.08 Å². The Kier molecular flexibility index (Phi) is 7.98. The highest BCUT2D eigenvalue weighted by Crippen LogP contribution is 2.58. The summed E-state index contributed by atoms with van der Waals surface area (Å²) in [7, 11) is 0. The number of phenolic OH excluding ortho intramolecular Hbond substituents is 2. The monoisotopic (exact) mass is 754 g/mol. The van der Waals surface area contributed by atoms with Gasteiger partial charge in [0.1, 0.15) is 24.0 Å². The first kappa shape index (κ1) is 35.3. The number of aromatic hydroxyl groups is 2. The first-order valence-corrected chi connectivity index (χ1v) is 16.9. The molecule has 2 saturated carbocycles. The van der Waals surface area contributed by atoms with Crippen LogP contribution >= 0.6 is 11.3 Å². The maximum atomic E-state index is 13.7. The van der Waals surface area contributed by atoms with Gasteiger partial charge in [-0.2, -0.15) is 5.06 Å². The second kappa shape index (κ2) is 12.0. The molecule has 1 saturated heterocycles. The fraction of sp³-hybridized carbons (Fsp3) is 0.406. The van der Waals surface area contributed by atoms with Crippen LogP contribution in [0.4, 0.5) is 5.13 Å². The molecule has 53 heavy (non-hydrogen) atoms. The number of aromatic nitrogens is 1. The number of cyclic esters (lactones) is 1. The van der Waals surface area contributed by atoms with Crippen molar-refractivity contribution in [2.45, 2.75) is 56.9 Å². The van der Waals surface area contributed by atoms with E-state index in [2.05, 4.69) is 29.3 Å². The molecule has 4 amide bonds. The number of thiazole rings is 1. The molecule has 21 heteroatoms. The van der Waals surface area contributed by atoms with Gasteiger partial charge in [0.15, 0.2) is 22.3 Å². The molecule has 3 unspecified atom stereocenters. The summed E-state index contributed by atoms with van der Waals surface area (Å²) in [6, 6.07) is -0.0956. The van der Waals surface area contributed by atoms with Crippen LogP contribution in [0.25, 0.3) is 0 Å². The van der Waals surface area contributed by atoms with E-state index in [0.717, 1.165) is 36.3 Å². The van der Waals surface area contributed by atoms with E-state index in [1.54, 1.807) is 0 Å². The lowest BCUT2D eigenvalue weighted by Gasteiger charge is -2.44. The number of amides is 4. The smallest absolute Gasteiger partial charge is 0.377 e. The SMILES string of the molecule is CC1(C)C2CCC1CC(O/N=C(\C(=O)N[C@H]1CON(C3(C(=O)O)C=C(N4C(=O)c5cc(O)c(O)cc5C4=O)C(=O)O3)C1=O)c1csc(N)n1)(C(=O)O)C2. The lowest BCUT2D eigenvalue weighted by molar-refractivity contribution is -0.246. The molecule has 2 aromatic rings. The van der Waals surface area contributed by atoms with Crippen LogP contribution in [0.15, 0.2) is 34.4 Å². The molecule has 7 N–H and O–H groups in total. The van der Waals surface area contributed by atoms with Crippen molar-refractivity contribution < 1.29 is 68.4 Å². The van der Waals surface area contributed by atoms with Crippen molar-refractivity contribution in [2.24, 2.45) is 22.4 Å². The Labute approximate surface area is 301 Å². The van der Waals surface area contributed by atoms with Gasteiger partial charge in [-0.1, -0.05) is 19.0 Å². The Morgan fingerprint density at radius 1 is 1.02 bits per heavy atom. The highest BCUT2D eigenvalue weighted by atomic mass is 32.1. The third-order valence-electron chi connectivity index (χ3n) is 10.6. The molecule has 0 spiro atoms. The number of nitrogens with two attached hydrogens (primary N) is 1. The van der Waals surface area contributed by atoms with E-state index in [1.165, 1.54) is 5.38 Å². The van der Waals surface area contributed by atoms with Crippen LogP contribution in [-0.2, 0) is 38.4 Å². The minimum absolute atomic E-state index is 0.0126. The van der Waals surface area contributed by atoms with Gasteiger partial charge in [-0.25, -0.2) is 24.3 Å². The Morgan fingerprint density at radius 2 is 1.62 bits per heavy atom. The summed E-state index contributed by atoms with van der Waals surface area (Å²) < 4.78 is 5.05. The predicted molar refractivity (Wildman–Crippen MR) is 173 cm³/mol. The molecule has 20 nitrogen and oxygen atoms in total. The first-order chi connectivity index (χ1) is 24.9. The minimum atomic E-state index is -3.08. The molecule has 5 aliphatic rings. The summed E-state index contributed by atoms with van der Waals surface area (Å²) in [5.74, 6) is -11.0. The minimum Gasteiger partial charge on any atom is -0.504 e. The van der Waals surface area contributed by atoms with Gasteiger partial charge >= 0.3 is 23.6 Å². The lowest BCUT2D eigenvalue weighted by Crippen LogP contribution is -2.56.